The van der Waals surface area contributed by atoms with Crippen LogP contribution in [0.15, 0.2) is 36.7 Å². The average Bonchev–Trinajstić information content (AvgIpc) is 3.09. The van der Waals surface area contributed by atoms with E-state index < -0.39 is 0 Å². The van der Waals surface area contributed by atoms with E-state index in [-0.39, 0.29) is 17.2 Å². The largest absolute Gasteiger partial charge is 0.334 e. The molecule has 116 valence electrons. The number of rotatable bonds is 3. The zero-order chi connectivity index (χ0) is 15.5. The normalized spacial score (nSPS) is 21.8. The number of aromatic nitrogens is 3. The summed E-state index contributed by atoms with van der Waals surface area (Å²) in [5, 5.41) is 8.56. The van der Waals surface area contributed by atoms with Crippen LogP contribution in [0.2, 0.25) is 0 Å². The van der Waals surface area contributed by atoms with E-state index in [4.69, 9.17) is 11.6 Å². The number of carbonyl (C=O) groups is 1. The molecular formula is C15H17ClN4OS. The molecule has 0 bridgehead atoms. The van der Waals surface area contributed by atoms with E-state index in [9.17, 15) is 4.79 Å². The van der Waals surface area contributed by atoms with E-state index in [1.54, 1.807) is 12.4 Å². The van der Waals surface area contributed by atoms with Crippen LogP contribution in [-0.2, 0) is 0 Å². The SMILES string of the molecule is C[C@@H]1CS[C@@H](CCl)CN1C(=O)c1ccccc1-n1nccn1. The van der Waals surface area contributed by atoms with Gasteiger partial charge in [-0.3, -0.25) is 4.79 Å². The lowest BCUT2D eigenvalue weighted by atomic mass is 10.1. The van der Waals surface area contributed by atoms with Gasteiger partial charge in [0.25, 0.3) is 5.91 Å². The Morgan fingerprint density at radius 2 is 2.09 bits per heavy atom. The van der Waals surface area contributed by atoms with Crippen molar-refractivity contribution in [3.63, 3.8) is 0 Å². The molecular weight excluding hydrogens is 320 g/mol. The molecule has 1 saturated heterocycles. The highest BCUT2D eigenvalue weighted by molar-refractivity contribution is 8.00. The molecule has 5 nitrogen and oxygen atoms in total. The minimum Gasteiger partial charge on any atom is -0.334 e. The third-order valence-corrected chi connectivity index (χ3v) is 5.72. The smallest absolute Gasteiger partial charge is 0.256 e. The summed E-state index contributed by atoms with van der Waals surface area (Å²) in [4.78, 5) is 16.4. The number of carbonyl (C=O) groups excluding carboxylic acids is 1. The summed E-state index contributed by atoms with van der Waals surface area (Å²) in [6, 6.07) is 7.62. The number of hydrogen-bond acceptors (Lipinski definition) is 4. The van der Waals surface area contributed by atoms with Gasteiger partial charge in [0.2, 0.25) is 0 Å². The Kier molecular flexibility index (Phi) is 4.69. The quantitative estimate of drug-likeness (QED) is 0.808. The van der Waals surface area contributed by atoms with Crippen molar-refractivity contribution in [2.24, 2.45) is 0 Å². The summed E-state index contributed by atoms with van der Waals surface area (Å²) in [6.45, 7) is 2.75. The van der Waals surface area contributed by atoms with Gasteiger partial charge < -0.3 is 4.90 Å². The Hall–Kier alpha value is -1.53. The molecule has 2 atom stereocenters. The zero-order valence-electron chi connectivity index (χ0n) is 12.2. The van der Waals surface area contributed by atoms with E-state index in [0.717, 1.165) is 5.75 Å². The molecule has 1 aromatic carbocycles. The highest BCUT2D eigenvalue weighted by Gasteiger charge is 2.30. The van der Waals surface area contributed by atoms with Crippen LogP contribution in [0.25, 0.3) is 5.69 Å². The first-order valence-electron chi connectivity index (χ1n) is 7.15. The molecule has 7 heteroatoms. The van der Waals surface area contributed by atoms with Gasteiger partial charge in [-0.2, -0.15) is 26.8 Å². The van der Waals surface area contributed by atoms with Crippen molar-refractivity contribution in [1.29, 1.82) is 0 Å². The molecule has 0 saturated carbocycles. The van der Waals surface area contributed by atoms with E-state index >= 15 is 0 Å². The Balaban J connectivity index is 1.92. The molecule has 0 spiro atoms. The van der Waals surface area contributed by atoms with Crippen LogP contribution in [0.1, 0.15) is 17.3 Å². The number of nitrogens with zero attached hydrogens (tertiary/aromatic N) is 4. The number of halogens is 1. The first kappa shape index (κ1) is 15.4. The molecule has 1 amide bonds. The molecule has 1 aliphatic rings. The molecule has 0 N–H and O–H groups in total. The van der Waals surface area contributed by atoms with E-state index in [0.29, 0.717) is 23.7 Å². The van der Waals surface area contributed by atoms with Gasteiger partial charge in [-0.05, 0) is 19.1 Å². The van der Waals surface area contributed by atoms with Crippen molar-refractivity contribution in [2.45, 2.75) is 18.2 Å². The summed E-state index contributed by atoms with van der Waals surface area (Å²) < 4.78 is 0. The predicted octanol–water partition coefficient (Wildman–Crippen LogP) is 2.45. The number of para-hydroxylation sites is 1. The van der Waals surface area contributed by atoms with E-state index in [2.05, 4.69) is 17.1 Å². The second-order valence-corrected chi connectivity index (χ2v) is 6.89. The van der Waals surface area contributed by atoms with E-state index in [1.807, 2.05) is 40.9 Å². The van der Waals surface area contributed by atoms with Gasteiger partial charge in [-0.15, -0.1) is 11.6 Å². The Bertz CT molecular complexity index is 649. The fraction of sp³-hybridized carbons (Fsp3) is 0.400. The highest BCUT2D eigenvalue weighted by Crippen LogP contribution is 2.26. The van der Waals surface area contributed by atoms with Gasteiger partial charge in [-0.25, -0.2) is 0 Å². The molecule has 0 radical (unpaired) electrons. The topological polar surface area (TPSA) is 51.0 Å². The van der Waals surface area contributed by atoms with Crippen LogP contribution in [0.3, 0.4) is 0 Å². The Morgan fingerprint density at radius 1 is 1.36 bits per heavy atom. The van der Waals surface area contributed by atoms with Crippen LogP contribution < -0.4 is 0 Å². The van der Waals surface area contributed by atoms with Crippen LogP contribution in [0.5, 0.6) is 0 Å². The van der Waals surface area contributed by atoms with Crippen molar-refractivity contribution in [1.82, 2.24) is 19.9 Å². The van der Waals surface area contributed by atoms with Crippen LogP contribution in [-0.4, -0.2) is 55.3 Å². The minimum absolute atomic E-state index is 0.0100. The van der Waals surface area contributed by atoms with Crippen LogP contribution >= 0.6 is 23.4 Å². The Morgan fingerprint density at radius 3 is 2.82 bits per heavy atom. The van der Waals surface area contributed by atoms with Gasteiger partial charge in [0.05, 0.1) is 23.6 Å². The number of hydrogen-bond donors (Lipinski definition) is 0. The first-order valence-corrected chi connectivity index (χ1v) is 8.73. The lowest BCUT2D eigenvalue weighted by molar-refractivity contribution is 0.0704. The van der Waals surface area contributed by atoms with Crippen molar-refractivity contribution in [2.75, 3.05) is 18.2 Å². The Labute approximate surface area is 138 Å². The summed E-state index contributed by atoms with van der Waals surface area (Å²) in [5.74, 6) is 1.48. The molecule has 1 aliphatic heterocycles. The lowest BCUT2D eigenvalue weighted by Gasteiger charge is -2.37. The molecule has 1 aromatic heterocycles. The second kappa shape index (κ2) is 6.71. The third kappa shape index (κ3) is 2.98. The van der Waals surface area contributed by atoms with Crippen molar-refractivity contribution in [3.05, 3.63) is 42.2 Å². The van der Waals surface area contributed by atoms with Gasteiger partial charge in [0, 0.05) is 29.5 Å². The van der Waals surface area contributed by atoms with Crippen molar-refractivity contribution >= 4 is 29.3 Å². The summed E-state index contributed by atoms with van der Waals surface area (Å²) in [7, 11) is 0. The lowest BCUT2D eigenvalue weighted by Crippen LogP contribution is -2.48. The van der Waals surface area contributed by atoms with Crippen molar-refractivity contribution < 1.29 is 4.79 Å². The number of thioether (sulfide) groups is 1. The maximum absolute atomic E-state index is 13.0. The fourth-order valence-corrected chi connectivity index (χ4v) is 3.97. The monoisotopic (exact) mass is 336 g/mol. The van der Waals surface area contributed by atoms with Crippen molar-refractivity contribution in [3.8, 4) is 5.69 Å². The molecule has 1 fully saturated rings. The third-order valence-electron chi connectivity index (χ3n) is 3.71. The standard InChI is InChI=1S/C15H17ClN4OS/c1-11-10-22-12(8-16)9-19(11)15(21)13-4-2-3-5-14(13)20-17-6-7-18-20/h2-7,11-12H,8-10H2,1H3/t11-,12+/m1/s1. The van der Waals surface area contributed by atoms with Crippen LogP contribution in [0.4, 0.5) is 0 Å². The zero-order valence-corrected chi connectivity index (χ0v) is 13.8. The second-order valence-electron chi connectivity index (χ2n) is 5.25. The van der Waals surface area contributed by atoms with Gasteiger partial charge in [0.15, 0.2) is 0 Å². The highest BCUT2D eigenvalue weighted by atomic mass is 35.5. The maximum Gasteiger partial charge on any atom is 0.256 e. The number of benzene rings is 1. The summed E-state index contributed by atoms with van der Waals surface area (Å²) in [6.07, 6.45) is 3.20. The summed E-state index contributed by atoms with van der Waals surface area (Å²) in [5.41, 5.74) is 1.32. The summed E-state index contributed by atoms with van der Waals surface area (Å²) >= 11 is 7.81. The minimum atomic E-state index is 0.0100. The van der Waals surface area contributed by atoms with Gasteiger partial charge >= 0.3 is 0 Å². The molecule has 3 rings (SSSR count). The number of alkyl halides is 1. The fourth-order valence-electron chi connectivity index (χ4n) is 2.52. The average molecular weight is 337 g/mol. The molecule has 0 aliphatic carbocycles. The van der Waals surface area contributed by atoms with Gasteiger partial charge in [0.1, 0.15) is 0 Å². The van der Waals surface area contributed by atoms with E-state index in [1.165, 1.54) is 4.80 Å². The van der Waals surface area contributed by atoms with Crippen LogP contribution in [0, 0.1) is 0 Å². The predicted molar refractivity (Wildman–Crippen MR) is 88.8 cm³/mol. The molecule has 0 unspecified atom stereocenters. The maximum atomic E-state index is 13.0. The molecule has 2 aromatic rings. The molecule has 22 heavy (non-hydrogen) atoms. The first-order chi connectivity index (χ1) is 10.7. The van der Waals surface area contributed by atoms with Gasteiger partial charge in [-0.1, -0.05) is 12.1 Å². The number of amides is 1. The molecule has 2 heterocycles.